The Morgan fingerprint density at radius 3 is 2.41 bits per heavy atom. The summed E-state index contributed by atoms with van der Waals surface area (Å²) in [6.07, 6.45) is 4.29. The van der Waals surface area contributed by atoms with Gasteiger partial charge in [-0.3, -0.25) is 4.79 Å². The molecule has 1 amide bonds. The van der Waals surface area contributed by atoms with Crippen LogP contribution in [0.4, 0.5) is 0 Å². The number of benzene rings is 1. The maximum atomic E-state index is 12.2. The standard InChI is InChI=1S/C18H28N2O.ClH/c1-3-19-14(2)13-20-18(21)17-11-9-16(10-12-17)15-7-5-4-6-8-15;/h4-8,14,16-17,19H,3,9-13H2,1-2H3,(H,20,21);1H/t14-,16?,17?;/m1./s1. The van der Waals surface area contributed by atoms with E-state index in [1.807, 2.05) is 0 Å². The van der Waals surface area contributed by atoms with Crippen molar-refractivity contribution in [2.24, 2.45) is 5.92 Å². The summed E-state index contributed by atoms with van der Waals surface area (Å²) in [7, 11) is 0. The van der Waals surface area contributed by atoms with Crippen molar-refractivity contribution in [1.82, 2.24) is 10.6 Å². The second-order valence-corrected chi connectivity index (χ2v) is 6.16. The molecule has 0 radical (unpaired) electrons. The van der Waals surface area contributed by atoms with Gasteiger partial charge in [0.25, 0.3) is 0 Å². The average Bonchev–Trinajstić information content (AvgIpc) is 2.54. The first kappa shape index (κ1) is 19.0. The summed E-state index contributed by atoms with van der Waals surface area (Å²) in [5, 5.41) is 6.41. The number of hydrogen-bond acceptors (Lipinski definition) is 2. The van der Waals surface area contributed by atoms with Crippen molar-refractivity contribution in [2.75, 3.05) is 13.1 Å². The van der Waals surface area contributed by atoms with Crippen molar-refractivity contribution in [2.45, 2.75) is 51.5 Å². The molecule has 0 saturated heterocycles. The molecule has 22 heavy (non-hydrogen) atoms. The molecule has 1 aliphatic carbocycles. The summed E-state index contributed by atoms with van der Waals surface area (Å²) < 4.78 is 0. The summed E-state index contributed by atoms with van der Waals surface area (Å²) in [4.78, 5) is 12.2. The quantitative estimate of drug-likeness (QED) is 0.841. The van der Waals surface area contributed by atoms with E-state index < -0.39 is 0 Å². The fraction of sp³-hybridized carbons (Fsp3) is 0.611. The van der Waals surface area contributed by atoms with E-state index in [2.05, 4.69) is 54.8 Å². The van der Waals surface area contributed by atoms with Crippen LogP contribution in [-0.2, 0) is 4.79 Å². The van der Waals surface area contributed by atoms with Gasteiger partial charge in [-0.15, -0.1) is 12.4 Å². The van der Waals surface area contributed by atoms with Crippen LogP contribution in [0.15, 0.2) is 30.3 Å². The lowest BCUT2D eigenvalue weighted by Crippen LogP contribution is -2.41. The summed E-state index contributed by atoms with van der Waals surface area (Å²) >= 11 is 0. The maximum Gasteiger partial charge on any atom is 0.223 e. The van der Waals surface area contributed by atoms with Crippen LogP contribution in [-0.4, -0.2) is 25.0 Å². The fourth-order valence-corrected chi connectivity index (χ4v) is 3.23. The first-order valence-electron chi connectivity index (χ1n) is 8.26. The van der Waals surface area contributed by atoms with Crippen LogP contribution < -0.4 is 10.6 Å². The number of rotatable bonds is 6. The van der Waals surface area contributed by atoms with Gasteiger partial charge >= 0.3 is 0 Å². The zero-order valence-electron chi connectivity index (χ0n) is 13.7. The Balaban J connectivity index is 0.00000242. The summed E-state index contributed by atoms with van der Waals surface area (Å²) in [5.41, 5.74) is 1.43. The lowest BCUT2D eigenvalue weighted by Gasteiger charge is -2.28. The largest absolute Gasteiger partial charge is 0.354 e. The molecule has 0 aromatic heterocycles. The number of likely N-dealkylation sites (N-methyl/N-ethyl adjacent to an activating group) is 1. The molecule has 1 aromatic carbocycles. The van der Waals surface area contributed by atoms with E-state index in [4.69, 9.17) is 0 Å². The minimum absolute atomic E-state index is 0. The number of carbonyl (C=O) groups is 1. The van der Waals surface area contributed by atoms with E-state index in [1.54, 1.807) is 0 Å². The predicted molar refractivity (Wildman–Crippen MR) is 94.5 cm³/mol. The molecule has 0 bridgehead atoms. The minimum Gasteiger partial charge on any atom is -0.354 e. The van der Waals surface area contributed by atoms with Crippen molar-refractivity contribution >= 4 is 18.3 Å². The van der Waals surface area contributed by atoms with Gasteiger partial charge in [0.1, 0.15) is 0 Å². The van der Waals surface area contributed by atoms with Crippen molar-refractivity contribution in [1.29, 1.82) is 0 Å². The molecule has 3 nitrogen and oxygen atoms in total. The van der Waals surface area contributed by atoms with Crippen LogP contribution in [0.1, 0.15) is 51.0 Å². The van der Waals surface area contributed by atoms with E-state index in [9.17, 15) is 4.79 Å². The molecule has 1 fully saturated rings. The number of hydrogen-bond donors (Lipinski definition) is 2. The van der Waals surface area contributed by atoms with Crippen LogP contribution in [0, 0.1) is 5.92 Å². The Kier molecular flexibility index (Phi) is 8.51. The van der Waals surface area contributed by atoms with Gasteiger partial charge in [0.2, 0.25) is 5.91 Å². The Bertz CT molecular complexity index is 430. The van der Waals surface area contributed by atoms with Gasteiger partial charge in [-0.05, 0) is 50.6 Å². The van der Waals surface area contributed by atoms with Crippen LogP contribution in [0.5, 0.6) is 0 Å². The summed E-state index contributed by atoms with van der Waals surface area (Å²) in [5.74, 6) is 1.08. The second-order valence-electron chi connectivity index (χ2n) is 6.16. The smallest absolute Gasteiger partial charge is 0.223 e. The molecule has 0 heterocycles. The topological polar surface area (TPSA) is 41.1 Å². The molecule has 2 N–H and O–H groups in total. The number of nitrogens with one attached hydrogen (secondary N) is 2. The van der Waals surface area contributed by atoms with Crippen LogP contribution >= 0.6 is 12.4 Å². The molecular weight excluding hydrogens is 296 g/mol. The Morgan fingerprint density at radius 1 is 1.18 bits per heavy atom. The summed E-state index contributed by atoms with van der Waals surface area (Å²) in [6.45, 7) is 5.86. The monoisotopic (exact) mass is 324 g/mol. The highest BCUT2D eigenvalue weighted by atomic mass is 35.5. The SMILES string of the molecule is CCN[C@H](C)CNC(=O)C1CCC(c2ccccc2)CC1.Cl. The van der Waals surface area contributed by atoms with Crippen molar-refractivity contribution in [3.8, 4) is 0 Å². The normalized spacial score (nSPS) is 22.5. The van der Waals surface area contributed by atoms with Crippen molar-refractivity contribution in [3.63, 3.8) is 0 Å². The average molecular weight is 325 g/mol. The first-order chi connectivity index (χ1) is 10.2. The lowest BCUT2D eigenvalue weighted by molar-refractivity contribution is -0.126. The van der Waals surface area contributed by atoms with Crippen molar-refractivity contribution < 1.29 is 4.79 Å². The van der Waals surface area contributed by atoms with E-state index in [1.165, 1.54) is 5.56 Å². The highest BCUT2D eigenvalue weighted by molar-refractivity contribution is 5.85. The Labute approximate surface area is 140 Å². The second kappa shape index (κ2) is 9.86. The fourth-order valence-electron chi connectivity index (χ4n) is 3.23. The minimum atomic E-state index is 0. The van der Waals surface area contributed by atoms with Crippen LogP contribution in [0.3, 0.4) is 0 Å². The van der Waals surface area contributed by atoms with Gasteiger partial charge in [0.15, 0.2) is 0 Å². The van der Waals surface area contributed by atoms with E-state index in [-0.39, 0.29) is 24.2 Å². The molecule has 0 spiro atoms. The van der Waals surface area contributed by atoms with Gasteiger partial charge in [-0.1, -0.05) is 37.3 Å². The Morgan fingerprint density at radius 2 is 1.82 bits per heavy atom. The van der Waals surface area contributed by atoms with E-state index in [0.29, 0.717) is 12.0 Å². The third kappa shape index (κ3) is 5.62. The molecule has 0 unspecified atom stereocenters. The molecule has 4 heteroatoms. The van der Waals surface area contributed by atoms with Gasteiger partial charge in [-0.2, -0.15) is 0 Å². The van der Waals surface area contributed by atoms with E-state index >= 15 is 0 Å². The zero-order valence-corrected chi connectivity index (χ0v) is 14.5. The maximum absolute atomic E-state index is 12.2. The van der Waals surface area contributed by atoms with Crippen LogP contribution in [0.2, 0.25) is 0 Å². The molecule has 1 atom stereocenters. The lowest BCUT2D eigenvalue weighted by atomic mass is 9.78. The Hall–Kier alpha value is -1.06. The molecule has 124 valence electrons. The number of amides is 1. The summed E-state index contributed by atoms with van der Waals surface area (Å²) in [6, 6.07) is 11.0. The number of halogens is 1. The van der Waals surface area contributed by atoms with Crippen molar-refractivity contribution in [3.05, 3.63) is 35.9 Å². The zero-order chi connectivity index (χ0) is 15.1. The molecule has 0 aliphatic heterocycles. The van der Waals surface area contributed by atoms with Crippen LogP contribution in [0.25, 0.3) is 0 Å². The molecule has 1 aliphatic rings. The molecule has 2 rings (SSSR count). The van der Waals surface area contributed by atoms with Gasteiger partial charge in [0.05, 0.1) is 0 Å². The van der Waals surface area contributed by atoms with E-state index in [0.717, 1.165) is 38.8 Å². The third-order valence-electron chi connectivity index (χ3n) is 4.50. The molecular formula is C18H29ClN2O. The molecule has 1 aromatic rings. The third-order valence-corrected chi connectivity index (χ3v) is 4.50. The molecule has 1 saturated carbocycles. The van der Waals surface area contributed by atoms with Gasteiger partial charge in [0, 0.05) is 18.5 Å². The van der Waals surface area contributed by atoms with Gasteiger partial charge in [-0.25, -0.2) is 0 Å². The predicted octanol–water partition coefficient (Wildman–Crippen LogP) is 3.50. The number of carbonyl (C=O) groups excluding carboxylic acids is 1. The highest BCUT2D eigenvalue weighted by Crippen LogP contribution is 2.35. The van der Waals surface area contributed by atoms with Gasteiger partial charge < -0.3 is 10.6 Å². The first-order valence-corrected chi connectivity index (χ1v) is 8.26. The highest BCUT2D eigenvalue weighted by Gasteiger charge is 2.26.